The number of rotatable bonds is 3. The van der Waals surface area contributed by atoms with Crippen molar-refractivity contribution in [3.8, 4) is 5.82 Å². The molecule has 0 aliphatic rings. The van der Waals surface area contributed by atoms with E-state index >= 15 is 0 Å². The van der Waals surface area contributed by atoms with Gasteiger partial charge in [0.15, 0.2) is 0 Å². The van der Waals surface area contributed by atoms with Crippen molar-refractivity contribution < 1.29 is 9.18 Å². The predicted molar refractivity (Wildman–Crippen MR) is 79.7 cm³/mol. The van der Waals surface area contributed by atoms with E-state index in [1.54, 1.807) is 30.5 Å². The van der Waals surface area contributed by atoms with Crippen LogP contribution in [0.25, 0.3) is 5.82 Å². The molecule has 0 saturated heterocycles. The number of nitrogens with zero attached hydrogens (tertiary/aromatic N) is 2. The van der Waals surface area contributed by atoms with Crippen LogP contribution in [0.3, 0.4) is 0 Å². The maximum absolute atomic E-state index is 13.0. The summed E-state index contributed by atoms with van der Waals surface area (Å²) in [7, 11) is 0. The summed E-state index contributed by atoms with van der Waals surface area (Å²) in [5.74, 6) is -0.436. The minimum Gasteiger partial charge on any atom is -0.287 e. The molecule has 0 fully saturated rings. The van der Waals surface area contributed by atoms with Crippen molar-refractivity contribution in [3.05, 3.63) is 94.3 Å². The number of carbonyl (C=O) groups is 1. The molecule has 0 saturated carbocycles. The predicted octanol–water partition coefficient (Wildman–Crippen LogP) is 2.60. The summed E-state index contributed by atoms with van der Waals surface area (Å²) in [4.78, 5) is 28.8. The molecule has 0 spiro atoms. The number of hydrogen-bond donors (Lipinski definition) is 0. The molecule has 2 aromatic heterocycles. The molecular weight excluding hydrogens is 283 g/mol. The summed E-state index contributed by atoms with van der Waals surface area (Å²) in [5, 5.41) is 0. The van der Waals surface area contributed by atoms with Gasteiger partial charge in [-0.05, 0) is 42.5 Å². The van der Waals surface area contributed by atoms with E-state index in [1.807, 2.05) is 0 Å². The maximum Gasteiger partial charge on any atom is 0.256 e. The first-order valence-corrected chi connectivity index (χ1v) is 6.60. The highest BCUT2D eigenvalue weighted by atomic mass is 19.1. The lowest BCUT2D eigenvalue weighted by Crippen LogP contribution is -2.24. The first-order valence-electron chi connectivity index (χ1n) is 6.60. The van der Waals surface area contributed by atoms with Gasteiger partial charge in [0.1, 0.15) is 11.6 Å². The smallest absolute Gasteiger partial charge is 0.256 e. The van der Waals surface area contributed by atoms with Gasteiger partial charge in [0.05, 0.1) is 5.69 Å². The quantitative estimate of drug-likeness (QED) is 0.698. The molecule has 5 heteroatoms. The van der Waals surface area contributed by atoms with E-state index in [1.165, 1.54) is 41.0 Å². The molecular formula is C17H11FN2O2. The monoisotopic (exact) mass is 294 g/mol. The summed E-state index contributed by atoms with van der Waals surface area (Å²) in [6, 6.07) is 14.7. The summed E-state index contributed by atoms with van der Waals surface area (Å²) >= 11 is 0. The Hall–Kier alpha value is -3.08. The normalized spacial score (nSPS) is 10.4. The van der Waals surface area contributed by atoms with Crippen molar-refractivity contribution >= 4 is 5.78 Å². The van der Waals surface area contributed by atoms with Gasteiger partial charge in [0.25, 0.3) is 5.56 Å². The van der Waals surface area contributed by atoms with Crippen molar-refractivity contribution in [1.82, 2.24) is 9.55 Å². The summed E-state index contributed by atoms with van der Waals surface area (Å²) in [6.07, 6.45) is 1.54. The molecule has 108 valence electrons. The number of carbonyl (C=O) groups excluding carboxylic acids is 1. The number of hydrogen-bond acceptors (Lipinski definition) is 3. The average Bonchev–Trinajstić information content (AvgIpc) is 2.55. The minimum absolute atomic E-state index is 0.179. The maximum atomic E-state index is 13.0. The standard InChI is InChI=1S/C17H11FN2O2/c18-13-9-7-12(8-10-13)17(22)14-4-3-6-16(21)20(14)15-5-1-2-11-19-15/h1-11H. The Kier molecular flexibility index (Phi) is 3.62. The molecule has 0 atom stereocenters. The van der Waals surface area contributed by atoms with Gasteiger partial charge >= 0.3 is 0 Å². The average molecular weight is 294 g/mol. The summed E-state index contributed by atoms with van der Waals surface area (Å²) in [5.41, 5.74) is 0.126. The zero-order valence-corrected chi connectivity index (χ0v) is 11.4. The van der Waals surface area contributed by atoms with E-state index in [-0.39, 0.29) is 17.0 Å². The van der Waals surface area contributed by atoms with Crippen LogP contribution >= 0.6 is 0 Å². The fraction of sp³-hybridized carbons (Fsp3) is 0. The third kappa shape index (κ3) is 2.56. The molecule has 0 bridgehead atoms. The van der Waals surface area contributed by atoms with Crippen LogP contribution in [-0.4, -0.2) is 15.3 Å². The molecule has 4 nitrogen and oxygen atoms in total. The van der Waals surface area contributed by atoms with E-state index in [2.05, 4.69) is 4.98 Å². The Morgan fingerprint density at radius 2 is 1.73 bits per heavy atom. The van der Waals surface area contributed by atoms with Gasteiger partial charge in [-0.3, -0.25) is 14.2 Å². The second-order valence-electron chi connectivity index (χ2n) is 4.61. The molecule has 0 aliphatic carbocycles. The Morgan fingerprint density at radius 1 is 0.955 bits per heavy atom. The number of pyridine rings is 2. The third-order valence-electron chi connectivity index (χ3n) is 3.17. The molecule has 0 amide bonds. The topological polar surface area (TPSA) is 52.0 Å². The van der Waals surface area contributed by atoms with Gasteiger partial charge in [-0.2, -0.15) is 0 Å². The van der Waals surface area contributed by atoms with Crippen LogP contribution in [0.1, 0.15) is 16.1 Å². The van der Waals surface area contributed by atoms with Crippen molar-refractivity contribution in [2.24, 2.45) is 0 Å². The van der Waals surface area contributed by atoms with Crippen LogP contribution in [0, 0.1) is 5.82 Å². The number of halogens is 1. The molecule has 0 N–H and O–H groups in total. The lowest BCUT2D eigenvalue weighted by atomic mass is 10.1. The molecule has 3 aromatic rings. The third-order valence-corrected chi connectivity index (χ3v) is 3.17. The van der Waals surface area contributed by atoms with Gasteiger partial charge in [0, 0.05) is 17.8 Å². The van der Waals surface area contributed by atoms with Gasteiger partial charge < -0.3 is 0 Å². The van der Waals surface area contributed by atoms with E-state index in [4.69, 9.17) is 0 Å². The second kappa shape index (κ2) is 5.73. The SMILES string of the molecule is O=C(c1ccc(F)cc1)c1cccc(=O)n1-c1ccccn1. The Labute approximate surface area is 125 Å². The van der Waals surface area contributed by atoms with E-state index < -0.39 is 5.82 Å². The Morgan fingerprint density at radius 3 is 2.41 bits per heavy atom. The van der Waals surface area contributed by atoms with Crippen LogP contribution in [0.4, 0.5) is 4.39 Å². The van der Waals surface area contributed by atoms with Crippen molar-refractivity contribution in [3.63, 3.8) is 0 Å². The van der Waals surface area contributed by atoms with Crippen molar-refractivity contribution in [1.29, 1.82) is 0 Å². The number of aromatic nitrogens is 2. The van der Waals surface area contributed by atoms with E-state index in [0.29, 0.717) is 11.4 Å². The highest BCUT2D eigenvalue weighted by molar-refractivity contribution is 6.08. The van der Waals surface area contributed by atoms with Crippen LogP contribution in [0.15, 0.2) is 71.7 Å². The summed E-state index contributed by atoms with van der Waals surface area (Å²) < 4.78 is 14.2. The summed E-state index contributed by atoms with van der Waals surface area (Å²) in [6.45, 7) is 0. The van der Waals surface area contributed by atoms with E-state index in [0.717, 1.165) is 0 Å². The lowest BCUT2D eigenvalue weighted by Gasteiger charge is -2.10. The van der Waals surface area contributed by atoms with Crippen molar-refractivity contribution in [2.75, 3.05) is 0 Å². The molecule has 0 radical (unpaired) electrons. The Bertz CT molecular complexity index is 871. The van der Waals surface area contributed by atoms with Gasteiger partial charge in [-0.1, -0.05) is 12.1 Å². The Balaban J connectivity index is 2.16. The minimum atomic E-state index is -0.424. The van der Waals surface area contributed by atoms with Gasteiger partial charge in [0.2, 0.25) is 5.78 Å². The molecule has 0 unspecified atom stereocenters. The van der Waals surface area contributed by atoms with Gasteiger partial charge in [-0.15, -0.1) is 0 Å². The van der Waals surface area contributed by atoms with Crippen LogP contribution in [0.5, 0.6) is 0 Å². The van der Waals surface area contributed by atoms with Crippen LogP contribution < -0.4 is 5.56 Å². The molecule has 2 heterocycles. The lowest BCUT2D eigenvalue weighted by molar-refractivity contribution is 0.103. The molecule has 22 heavy (non-hydrogen) atoms. The molecule has 3 rings (SSSR count). The zero-order chi connectivity index (χ0) is 15.5. The fourth-order valence-electron chi connectivity index (χ4n) is 2.14. The fourth-order valence-corrected chi connectivity index (χ4v) is 2.14. The van der Waals surface area contributed by atoms with Crippen LogP contribution in [-0.2, 0) is 0 Å². The molecule has 1 aromatic carbocycles. The van der Waals surface area contributed by atoms with Crippen LogP contribution in [0.2, 0.25) is 0 Å². The highest BCUT2D eigenvalue weighted by Crippen LogP contribution is 2.12. The first-order chi connectivity index (χ1) is 10.7. The van der Waals surface area contributed by atoms with E-state index in [9.17, 15) is 14.0 Å². The molecule has 0 aliphatic heterocycles. The highest BCUT2D eigenvalue weighted by Gasteiger charge is 2.16. The first kappa shape index (κ1) is 13.9. The zero-order valence-electron chi connectivity index (χ0n) is 11.4. The number of ketones is 1. The largest absolute Gasteiger partial charge is 0.287 e. The number of benzene rings is 1. The second-order valence-corrected chi connectivity index (χ2v) is 4.61. The van der Waals surface area contributed by atoms with Gasteiger partial charge in [-0.25, -0.2) is 9.37 Å². The van der Waals surface area contributed by atoms with Crippen molar-refractivity contribution in [2.45, 2.75) is 0 Å².